The van der Waals surface area contributed by atoms with Gasteiger partial charge in [0.2, 0.25) is 11.3 Å². The standard InChI is InChI=1S/C18H15N3O4/c1-25-18(24)12-6-8-13(9-7-12)20-17(23)11-21-15-5-3-2-4-14(15)16(22)10-19-21/h2-10H,11H2,1H3,(H,20,23). The van der Waals surface area contributed by atoms with Gasteiger partial charge in [-0.15, -0.1) is 0 Å². The van der Waals surface area contributed by atoms with Crippen LogP contribution in [0.1, 0.15) is 10.4 Å². The Morgan fingerprint density at radius 1 is 1.12 bits per heavy atom. The highest BCUT2D eigenvalue weighted by Crippen LogP contribution is 2.12. The van der Waals surface area contributed by atoms with Crippen LogP contribution in [0.15, 0.2) is 59.5 Å². The van der Waals surface area contributed by atoms with Gasteiger partial charge >= 0.3 is 5.97 Å². The number of carbonyl (C=O) groups excluding carboxylic acids is 2. The molecule has 2 aromatic carbocycles. The Morgan fingerprint density at radius 3 is 2.56 bits per heavy atom. The average molecular weight is 337 g/mol. The predicted octanol–water partition coefficient (Wildman–Crippen LogP) is 1.82. The Hall–Kier alpha value is -3.48. The summed E-state index contributed by atoms with van der Waals surface area (Å²) in [4.78, 5) is 35.4. The van der Waals surface area contributed by atoms with Gasteiger partial charge in [0, 0.05) is 11.1 Å². The summed E-state index contributed by atoms with van der Waals surface area (Å²) in [5.41, 5.74) is 1.34. The first-order valence-electron chi connectivity index (χ1n) is 7.51. The van der Waals surface area contributed by atoms with Gasteiger partial charge in [0.15, 0.2) is 0 Å². The van der Waals surface area contributed by atoms with Crippen LogP contribution < -0.4 is 10.7 Å². The van der Waals surface area contributed by atoms with E-state index >= 15 is 0 Å². The van der Waals surface area contributed by atoms with Crippen molar-refractivity contribution in [2.24, 2.45) is 0 Å². The third-order valence-electron chi connectivity index (χ3n) is 3.65. The van der Waals surface area contributed by atoms with E-state index in [0.29, 0.717) is 22.2 Å². The first-order valence-corrected chi connectivity index (χ1v) is 7.51. The van der Waals surface area contributed by atoms with Crippen molar-refractivity contribution < 1.29 is 14.3 Å². The van der Waals surface area contributed by atoms with Gasteiger partial charge in [-0.25, -0.2) is 4.79 Å². The van der Waals surface area contributed by atoms with Gasteiger partial charge in [0.05, 0.1) is 24.4 Å². The molecule has 0 saturated heterocycles. The second kappa shape index (κ2) is 6.96. The number of esters is 1. The molecule has 0 aliphatic heterocycles. The highest BCUT2D eigenvalue weighted by atomic mass is 16.5. The molecule has 3 rings (SSSR count). The largest absolute Gasteiger partial charge is 0.465 e. The van der Waals surface area contributed by atoms with Crippen LogP contribution in [0.3, 0.4) is 0 Å². The van der Waals surface area contributed by atoms with Gasteiger partial charge in [-0.05, 0) is 36.4 Å². The molecule has 0 bridgehead atoms. The lowest BCUT2D eigenvalue weighted by atomic mass is 10.2. The topological polar surface area (TPSA) is 90.3 Å². The summed E-state index contributed by atoms with van der Waals surface area (Å²) in [6.45, 7) is -0.0421. The minimum atomic E-state index is -0.443. The summed E-state index contributed by atoms with van der Waals surface area (Å²) in [6.07, 6.45) is 1.20. The maximum Gasteiger partial charge on any atom is 0.337 e. The zero-order valence-corrected chi connectivity index (χ0v) is 13.4. The first kappa shape index (κ1) is 16.4. The molecule has 7 nitrogen and oxygen atoms in total. The van der Waals surface area contributed by atoms with Crippen molar-refractivity contribution in [3.63, 3.8) is 0 Å². The van der Waals surface area contributed by atoms with Crippen molar-refractivity contribution in [1.82, 2.24) is 9.78 Å². The number of methoxy groups -OCH3 is 1. The van der Waals surface area contributed by atoms with Gasteiger partial charge in [0.1, 0.15) is 6.54 Å². The van der Waals surface area contributed by atoms with E-state index in [1.165, 1.54) is 18.0 Å². The molecule has 1 N–H and O–H groups in total. The number of nitrogens with zero attached hydrogens (tertiary/aromatic N) is 2. The second-order valence-corrected chi connectivity index (χ2v) is 5.30. The number of carbonyl (C=O) groups is 2. The van der Waals surface area contributed by atoms with Gasteiger partial charge in [-0.3, -0.25) is 14.3 Å². The molecule has 126 valence electrons. The molecule has 1 heterocycles. The maximum absolute atomic E-state index is 12.2. The van der Waals surface area contributed by atoms with Crippen LogP contribution in [-0.4, -0.2) is 28.8 Å². The Kier molecular flexibility index (Phi) is 4.56. The van der Waals surface area contributed by atoms with Crippen molar-refractivity contribution >= 4 is 28.5 Å². The molecule has 0 unspecified atom stereocenters. The summed E-state index contributed by atoms with van der Waals surface area (Å²) >= 11 is 0. The van der Waals surface area contributed by atoms with Gasteiger partial charge in [-0.1, -0.05) is 12.1 Å². The molecule has 0 fully saturated rings. The van der Waals surface area contributed by atoms with E-state index in [9.17, 15) is 14.4 Å². The third-order valence-corrected chi connectivity index (χ3v) is 3.65. The van der Waals surface area contributed by atoms with E-state index in [-0.39, 0.29) is 17.9 Å². The number of fused-ring (bicyclic) bond motifs is 1. The highest BCUT2D eigenvalue weighted by Gasteiger charge is 2.09. The SMILES string of the molecule is COC(=O)c1ccc(NC(=O)Cn2ncc(=O)c3ccccc32)cc1. The fourth-order valence-corrected chi connectivity index (χ4v) is 2.43. The van der Waals surface area contributed by atoms with E-state index in [1.807, 2.05) is 0 Å². The summed E-state index contributed by atoms with van der Waals surface area (Å²) < 4.78 is 6.09. The van der Waals surface area contributed by atoms with Crippen molar-refractivity contribution in [3.05, 3.63) is 70.5 Å². The third kappa shape index (κ3) is 3.55. The number of hydrogen-bond acceptors (Lipinski definition) is 5. The van der Waals surface area contributed by atoms with E-state index in [1.54, 1.807) is 48.5 Å². The fourth-order valence-electron chi connectivity index (χ4n) is 2.43. The summed E-state index contributed by atoms with van der Waals surface area (Å²) in [5, 5.41) is 7.25. The zero-order valence-electron chi connectivity index (χ0n) is 13.4. The number of aromatic nitrogens is 2. The number of benzene rings is 2. The summed E-state index contributed by atoms with van der Waals surface area (Å²) in [5.74, 6) is -0.742. The number of hydrogen-bond donors (Lipinski definition) is 1. The first-order chi connectivity index (χ1) is 12.1. The van der Waals surface area contributed by atoms with Crippen LogP contribution in [-0.2, 0) is 16.1 Å². The number of anilines is 1. The lowest BCUT2D eigenvalue weighted by Crippen LogP contribution is -2.22. The number of amides is 1. The van der Waals surface area contributed by atoms with Crippen molar-refractivity contribution in [2.75, 3.05) is 12.4 Å². The molecule has 7 heteroatoms. The minimum Gasteiger partial charge on any atom is -0.465 e. The van der Waals surface area contributed by atoms with Gasteiger partial charge in [0.25, 0.3) is 0 Å². The summed E-state index contributed by atoms with van der Waals surface area (Å²) in [7, 11) is 1.31. The quantitative estimate of drug-likeness (QED) is 0.734. The van der Waals surface area contributed by atoms with E-state index in [2.05, 4.69) is 15.2 Å². The van der Waals surface area contributed by atoms with Crippen LogP contribution in [0.25, 0.3) is 10.9 Å². The zero-order chi connectivity index (χ0) is 17.8. The van der Waals surface area contributed by atoms with Crippen LogP contribution in [0.2, 0.25) is 0 Å². The molecular formula is C18H15N3O4. The summed E-state index contributed by atoms with van der Waals surface area (Å²) in [6, 6.07) is 13.3. The predicted molar refractivity (Wildman–Crippen MR) is 92.4 cm³/mol. The van der Waals surface area contributed by atoms with Crippen LogP contribution in [0.4, 0.5) is 5.69 Å². The number of nitrogens with one attached hydrogen (secondary N) is 1. The lowest BCUT2D eigenvalue weighted by Gasteiger charge is -2.10. The van der Waals surface area contributed by atoms with Crippen molar-refractivity contribution in [3.8, 4) is 0 Å². The molecule has 0 atom stereocenters. The van der Waals surface area contributed by atoms with Crippen molar-refractivity contribution in [2.45, 2.75) is 6.54 Å². The number of rotatable bonds is 4. The minimum absolute atomic E-state index is 0.0421. The molecule has 0 aliphatic carbocycles. The average Bonchev–Trinajstić information content (AvgIpc) is 2.64. The number of ether oxygens (including phenoxy) is 1. The Balaban J connectivity index is 1.76. The lowest BCUT2D eigenvalue weighted by molar-refractivity contribution is -0.116. The Bertz CT molecular complexity index is 993. The molecule has 0 radical (unpaired) electrons. The van der Waals surface area contributed by atoms with E-state index < -0.39 is 5.97 Å². The smallest absolute Gasteiger partial charge is 0.337 e. The van der Waals surface area contributed by atoms with Crippen molar-refractivity contribution in [1.29, 1.82) is 0 Å². The highest BCUT2D eigenvalue weighted by molar-refractivity contribution is 5.93. The molecular weight excluding hydrogens is 322 g/mol. The van der Waals surface area contributed by atoms with Gasteiger partial charge < -0.3 is 10.1 Å². The fraction of sp³-hybridized carbons (Fsp3) is 0.111. The Labute approximate surface area is 142 Å². The molecule has 0 saturated carbocycles. The van der Waals surface area contributed by atoms with Crippen LogP contribution in [0.5, 0.6) is 0 Å². The molecule has 25 heavy (non-hydrogen) atoms. The molecule has 0 spiro atoms. The number of para-hydroxylation sites is 1. The Morgan fingerprint density at radius 2 is 1.84 bits per heavy atom. The normalized spacial score (nSPS) is 10.4. The maximum atomic E-state index is 12.2. The molecule has 1 aromatic heterocycles. The monoisotopic (exact) mass is 337 g/mol. The van der Waals surface area contributed by atoms with Gasteiger partial charge in [-0.2, -0.15) is 5.10 Å². The van der Waals surface area contributed by atoms with Crippen LogP contribution >= 0.6 is 0 Å². The van der Waals surface area contributed by atoms with E-state index in [0.717, 1.165) is 0 Å². The molecule has 1 amide bonds. The molecule has 3 aromatic rings. The van der Waals surface area contributed by atoms with Crippen LogP contribution in [0, 0.1) is 0 Å². The molecule has 0 aliphatic rings. The second-order valence-electron chi connectivity index (χ2n) is 5.30. The van der Waals surface area contributed by atoms with E-state index in [4.69, 9.17) is 0 Å².